The summed E-state index contributed by atoms with van der Waals surface area (Å²) in [5.41, 5.74) is 0.896. The van der Waals surface area contributed by atoms with Crippen molar-refractivity contribution in [3.63, 3.8) is 0 Å². The van der Waals surface area contributed by atoms with Gasteiger partial charge in [0.05, 0.1) is 16.6 Å². The minimum absolute atomic E-state index is 0.0766. The summed E-state index contributed by atoms with van der Waals surface area (Å²) in [4.78, 5) is 5.54. The molecule has 0 amide bonds. The average molecular weight is 356 g/mol. The summed E-state index contributed by atoms with van der Waals surface area (Å²) in [5.74, 6) is 1.57. The molecule has 130 valence electrons. The van der Waals surface area contributed by atoms with Crippen LogP contribution in [0, 0.1) is 0 Å². The highest BCUT2D eigenvalue weighted by Crippen LogP contribution is 2.30. The van der Waals surface area contributed by atoms with Gasteiger partial charge < -0.3 is 14.4 Å². The van der Waals surface area contributed by atoms with Crippen LogP contribution in [-0.4, -0.2) is 46.4 Å². The Labute approximate surface area is 150 Å². The number of hydrogen-bond donors (Lipinski definition) is 1. The molecule has 0 aliphatic carbocycles. The Bertz CT molecular complexity index is 825. The Hall–Kier alpha value is -2.38. The first-order valence-corrected chi connectivity index (χ1v) is 9.24. The summed E-state index contributed by atoms with van der Waals surface area (Å²) in [7, 11) is 0. The molecular formula is C18H20N4O2S. The number of nitrogens with zero attached hydrogens (tertiary/aromatic N) is 4. The van der Waals surface area contributed by atoms with Gasteiger partial charge in [0, 0.05) is 26.2 Å². The molecule has 1 aromatic carbocycles. The van der Waals surface area contributed by atoms with Crippen molar-refractivity contribution in [3.8, 4) is 16.5 Å². The standard InChI is InChI=1S/C18H20N4O2S/c1-13(17-19-20-18(24-17)16-7-4-12-25-16)21-8-10-22(11-9-21)14-5-2-3-6-15(14)23/h2-7,12-13,23H,8-11H2,1H3. The lowest BCUT2D eigenvalue weighted by atomic mass is 10.2. The molecule has 25 heavy (non-hydrogen) atoms. The number of phenols is 1. The zero-order valence-corrected chi connectivity index (χ0v) is 14.8. The summed E-state index contributed by atoms with van der Waals surface area (Å²) < 4.78 is 5.87. The fraction of sp³-hybridized carbons (Fsp3) is 0.333. The van der Waals surface area contributed by atoms with Gasteiger partial charge in [0.15, 0.2) is 0 Å². The van der Waals surface area contributed by atoms with Gasteiger partial charge >= 0.3 is 0 Å². The van der Waals surface area contributed by atoms with E-state index in [0.717, 1.165) is 36.7 Å². The van der Waals surface area contributed by atoms with Crippen molar-refractivity contribution in [2.45, 2.75) is 13.0 Å². The van der Waals surface area contributed by atoms with E-state index in [2.05, 4.69) is 26.9 Å². The first-order valence-electron chi connectivity index (χ1n) is 8.36. The van der Waals surface area contributed by atoms with Gasteiger partial charge in [-0.2, -0.15) is 0 Å². The molecule has 0 radical (unpaired) electrons. The van der Waals surface area contributed by atoms with Crippen molar-refractivity contribution in [2.24, 2.45) is 0 Å². The number of piperazine rings is 1. The van der Waals surface area contributed by atoms with E-state index in [1.807, 2.05) is 35.7 Å². The van der Waals surface area contributed by atoms with E-state index >= 15 is 0 Å². The molecule has 7 heteroatoms. The minimum atomic E-state index is 0.0766. The fourth-order valence-corrected chi connectivity index (χ4v) is 3.79. The lowest BCUT2D eigenvalue weighted by molar-refractivity contribution is 0.173. The van der Waals surface area contributed by atoms with Crippen LogP contribution in [-0.2, 0) is 0 Å². The highest BCUT2D eigenvalue weighted by atomic mass is 32.1. The van der Waals surface area contributed by atoms with E-state index in [1.54, 1.807) is 17.4 Å². The van der Waals surface area contributed by atoms with Crippen molar-refractivity contribution in [3.05, 3.63) is 47.7 Å². The van der Waals surface area contributed by atoms with Gasteiger partial charge in [-0.15, -0.1) is 21.5 Å². The second-order valence-corrected chi connectivity index (χ2v) is 7.06. The zero-order chi connectivity index (χ0) is 17.2. The molecule has 1 aliphatic heterocycles. The van der Waals surface area contributed by atoms with Crippen LogP contribution in [0.4, 0.5) is 5.69 Å². The number of rotatable bonds is 4. The van der Waals surface area contributed by atoms with E-state index in [0.29, 0.717) is 17.5 Å². The van der Waals surface area contributed by atoms with Crippen molar-refractivity contribution < 1.29 is 9.52 Å². The Morgan fingerprint density at radius 2 is 1.88 bits per heavy atom. The Morgan fingerprint density at radius 1 is 1.08 bits per heavy atom. The van der Waals surface area contributed by atoms with Crippen molar-refractivity contribution in [1.82, 2.24) is 15.1 Å². The number of anilines is 1. The number of para-hydroxylation sites is 2. The molecule has 3 aromatic rings. The van der Waals surface area contributed by atoms with E-state index in [1.165, 1.54) is 0 Å². The third kappa shape index (κ3) is 3.25. The highest BCUT2D eigenvalue weighted by Gasteiger charge is 2.26. The first kappa shape index (κ1) is 16.1. The van der Waals surface area contributed by atoms with Crippen LogP contribution in [0.1, 0.15) is 18.9 Å². The second kappa shape index (κ2) is 6.85. The van der Waals surface area contributed by atoms with Crippen LogP contribution in [0.2, 0.25) is 0 Å². The van der Waals surface area contributed by atoms with Gasteiger partial charge in [0.2, 0.25) is 5.89 Å². The summed E-state index contributed by atoms with van der Waals surface area (Å²) in [5, 5.41) is 20.4. The van der Waals surface area contributed by atoms with Crippen molar-refractivity contribution in [2.75, 3.05) is 31.1 Å². The van der Waals surface area contributed by atoms with Gasteiger partial charge in [-0.25, -0.2) is 0 Å². The normalized spacial score (nSPS) is 16.9. The molecule has 1 N–H and O–H groups in total. The van der Waals surface area contributed by atoms with Crippen LogP contribution in [0.5, 0.6) is 5.75 Å². The maximum atomic E-state index is 10.0. The molecule has 4 rings (SSSR count). The molecule has 6 nitrogen and oxygen atoms in total. The molecule has 0 spiro atoms. The third-order valence-electron chi connectivity index (χ3n) is 4.61. The van der Waals surface area contributed by atoms with E-state index in [4.69, 9.17) is 4.42 Å². The number of aromatic hydroxyl groups is 1. The Kier molecular flexibility index (Phi) is 4.42. The van der Waals surface area contributed by atoms with Crippen LogP contribution in [0.15, 0.2) is 46.2 Å². The van der Waals surface area contributed by atoms with Gasteiger partial charge in [-0.3, -0.25) is 4.90 Å². The molecule has 1 atom stereocenters. The van der Waals surface area contributed by atoms with E-state index in [-0.39, 0.29) is 6.04 Å². The summed E-state index contributed by atoms with van der Waals surface area (Å²) in [6, 6.07) is 11.5. The maximum Gasteiger partial charge on any atom is 0.257 e. The van der Waals surface area contributed by atoms with E-state index in [9.17, 15) is 5.11 Å². The minimum Gasteiger partial charge on any atom is -0.506 e. The zero-order valence-electron chi connectivity index (χ0n) is 14.0. The van der Waals surface area contributed by atoms with Crippen LogP contribution in [0.25, 0.3) is 10.8 Å². The monoisotopic (exact) mass is 356 g/mol. The van der Waals surface area contributed by atoms with Crippen molar-refractivity contribution >= 4 is 17.0 Å². The fourth-order valence-electron chi connectivity index (χ4n) is 3.14. The van der Waals surface area contributed by atoms with Crippen LogP contribution < -0.4 is 4.90 Å². The maximum absolute atomic E-state index is 10.0. The number of hydrogen-bond acceptors (Lipinski definition) is 7. The number of aromatic nitrogens is 2. The quantitative estimate of drug-likeness (QED) is 0.773. The molecule has 1 fully saturated rings. The molecule has 0 bridgehead atoms. The average Bonchev–Trinajstić information content (AvgIpc) is 3.33. The molecule has 1 aliphatic rings. The topological polar surface area (TPSA) is 65.6 Å². The molecule has 1 saturated heterocycles. The highest BCUT2D eigenvalue weighted by molar-refractivity contribution is 7.13. The summed E-state index contributed by atoms with van der Waals surface area (Å²) in [6.45, 7) is 5.57. The van der Waals surface area contributed by atoms with Gasteiger partial charge in [-0.1, -0.05) is 18.2 Å². The SMILES string of the molecule is CC(c1nnc(-c2cccs2)o1)N1CCN(c2ccccc2O)CC1. The number of thiophene rings is 1. The predicted molar refractivity (Wildman–Crippen MR) is 97.9 cm³/mol. The Balaban J connectivity index is 1.41. The lowest BCUT2D eigenvalue weighted by Crippen LogP contribution is -2.47. The molecule has 0 saturated carbocycles. The number of phenolic OH excluding ortho intramolecular Hbond substituents is 1. The van der Waals surface area contributed by atoms with Gasteiger partial charge in [-0.05, 0) is 30.5 Å². The molecule has 3 heterocycles. The summed E-state index contributed by atoms with van der Waals surface area (Å²) >= 11 is 1.60. The van der Waals surface area contributed by atoms with Gasteiger partial charge in [0.1, 0.15) is 5.75 Å². The molecule has 1 unspecified atom stereocenters. The third-order valence-corrected chi connectivity index (χ3v) is 5.47. The lowest BCUT2D eigenvalue weighted by Gasteiger charge is -2.38. The van der Waals surface area contributed by atoms with Crippen LogP contribution in [0.3, 0.4) is 0 Å². The van der Waals surface area contributed by atoms with E-state index < -0.39 is 0 Å². The molecule has 2 aromatic heterocycles. The first-order chi connectivity index (χ1) is 12.2. The van der Waals surface area contributed by atoms with Crippen LogP contribution >= 0.6 is 11.3 Å². The Morgan fingerprint density at radius 3 is 2.60 bits per heavy atom. The smallest absolute Gasteiger partial charge is 0.257 e. The second-order valence-electron chi connectivity index (χ2n) is 6.11. The summed E-state index contributed by atoms with van der Waals surface area (Å²) in [6.07, 6.45) is 0. The predicted octanol–water partition coefficient (Wildman–Crippen LogP) is 3.39. The van der Waals surface area contributed by atoms with Gasteiger partial charge in [0.25, 0.3) is 5.89 Å². The van der Waals surface area contributed by atoms with Crippen molar-refractivity contribution in [1.29, 1.82) is 0 Å². The molecular weight excluding hydrogens is 336 g/mol. The number of benzene rings is 1. The largest absolute Gasteiger partial charge is 0.506 e.